The van der Waals surface area contributed by atoms with E-state index in [1.165, 1.54) is 18.4 Å². The molecule has 0 saturated heterocycles. The van der Waals surface area contributed by atoms with E-state index in [2.05, 4.69) is 48.5 Å². The third-order valence-corrected chi connectivity index (χ3v) is 5.48. The summed E-state index contributed by atoms with van der Waals surface area (Å²) in [6, 6.07) is 8.48. The van der Waals surface area contributed by atoms with E-state index in [0.717, 1.165) is 44.3 Å². The zero-order valence-corrected chi connectivity index (χ0v) is 16.6. The number of para-hydroxylation sites is 1. The molecule has 0 aromatic heterocycles. The number of nitrogens with one attached hydrogen (secondary N) is 2. The normalized spacial score (nSPS) is 22.9. The largest absolute Gasteiger partial charge is 0.487 e. The van der Waals surface area contributed by atoms with Crippen LogP contribution in [0.2, 0.25) is 0 Å². The lowest BCUT2D eigenvalue weighted by atomic mass is 9.90. The number of hydrogen-bond acceptors (Lipinski definition) is 3. The average molecular weight is 360 g/mol. The van der Waals surface area contributed by atoms with Crippen LogP contribution in [0.15, 0.2) is 29.3 Å². The maximum absolute atomic E-state index is 6.13. The summed E-state index contributed by atoms with van der Waals surface area (Å²) in [7, 11) is 1.84. The van der Waals surface area contributed by atoms with E-state index in [1.54, 1.807) is 0 Å². The fourth-order valence-corrected chi connectivity index (χ4v) is 3.69. The molecule has 1 aromatic rings. The van der Waals surface area contributed by atoms with E-state index in [0.29, 0.717) is 5.41 Å². The molecule has 5 nitrogen and oxygen atoms in total. The van der Waals surface area contributed by atoms with Gasteiger partial charge in [0.15, 0.2) is 5.96 Å². The van der Waals surface area contributed by atoms with Gasteiger partial charge in [0.25, 0.3) is 0 Å². The van der Waals surface area contributed by atoms with E-state index >= 15 is 0 Å². The third-order valence-electron chi connectivity index (χ3n) is 5.48. The Hall–Kier alpha value is -1.75. The molecule has 144 valence electrons. The number of rotatable bonds is 7. The molecule has 1 fully saturated rings. The number of ether oxygens (including phenoxy) is 2. The minimum absolute atomic E-state index is 0.194. The Morgan fingerprint density at radius 1 is 1.31 bits per heavy atom. The Morgan fingerprint density at radius 2 is 2.08 bits per heavy atom. The van der Waals surface area contributed by atoms with Crippen LogP contribution in [0.1, 0.15) is 58.1 Å². The first-order valence-corrected chi connectivity index (χ1v) is 9.80. The summed E-state index contributed by atoms with van der Waals surface area (Å²) >= 11 is 0. The first kappa shape index (κ1) is 19.0. The molecule has 26 heavy (non-hydrogen) atoms. The molecule has 1 aromatic carbocycles. The number of aliphatic imine (C=N–C) groups is 1. The van der Waals surface area contributed by atoms with Crippen LogP contribution >= 0.6 is 0 Å². The van der Waals surface area contributed by atoms with Crippen molar-refractivity contribution < 1.29 is 9.47 Å². The van der Waals surface area contributed by atoms with Gasteiger partial charge >= 0.3 is 0 Å². The second kappa shape index (κ2) is 7.87. The predicted molar refractivity (Wildman–Crippen MR) is 106 cm³/mol. The minimum Gasteiger partial charge on any atom is -0.487 e. The third kappa shape index (κ3) is 4.70. The van der Waals surface area contributed by atoms with E-state index in [4.69, 9.17) is 9.47 Å². The van der Waals surface area contributed by atoms with Crippen molar-refractivity contribution in [1.82, 2.24) is 10.6 Å². The van der Waals surface area contributed by atoms with E-state index < -0.39 is 0 Å². The van der Waals surface area contributed by atoms with Crippen molar-refractivity contribution in [3.8, 4) is 5.75 Å². The number of fused-ring (bicyclic) bond motifs is 1. The summed E-state index contributed by atoms with van der Waals surface area (Å²) in [5.41, 5.74) is 1.40. The quantitative estimate of drug-likeness (QED) is 0.443. The number of guanidine groups is 1. The highest BCUT2D eigenvalue weighted by Gasteiger charge is 2.42. The SMILES string of the molecule is CCOCCC1(CNC(=NC)NC2CC(C)(C)Oc3ccccc32)CC1. The molecule has 0 bridgehead atoms. The van der Waals surface area contributed by atoms with Crippen molar-refractivity contribution in [3.05, 3.63) is 29.8 Å². The van der Waals surface area contributed by atoms with Crippen LogP contribution in [-0.4, -0.2) is 38.4 Å². The van der Waals surface area contributed by atoms with Gasteiger partial charge in [0.05, 0.1) is 6.04 Å². The van der Waals surface area contributed by atoms with Crippen LogP contribution in [0.4, 0.5) is 0 Å². The number of nitrogens with zero attached hydrogens (tertiary/aromatic N) is 1. The van der Waals surface area contributed by atoms with Crippen LogP contribution in [-0.2, 0) is 4.74 Å². The molecule has 1 saturated carbocycles. The molecule has 0 amide bonds. The highest BCUT2D eigenvalue weighted by atomic mass is 16.5. The van der Waals surface area contributed by atoms with Gasteiger partial charge in [-0.1, -0.05) is 18.2 Å². The van der Waals surface area contributed by atoms with Crippen LogP contribution < -0.4 is 15.4 Å². The highest BCUT2D eigenvalue weighted by Crippen LogP contribution is 2.48. The second-order valence-electron chi connectivity index (χ2n) is 8.17. The summed E-state index contributed by atoms with van der Waals surface area (Å²) in [6.45, 7) is 8.93. The van der Waals surface area contributed by atoms with Gasteiger partial charge in [-0.2, -0.15) is 0 Å². The van der Waals surface area contributed by atoms with Gasteiger partial charge in [-0.25, -0.2) is 0 Å². The smallest absolute Gasteiger partial charge is 0.191 e. The molecular formula is C21H33N3O2. The van der Waals surface area contributed by atoms with Crippen molar-refractivity contribution >= 4 is 5.96 Å². The lowest BCUT2D eigenvalue weighted by Gasteiger charge is -2.38. The Labute approximate surface area is 157 Å². The Kier molecular flexibility index (Phi) is 5.76. The predicted octanol–water partition coefficient (Wildman–Crippen LogP) is 3.66. The fraction of sp³-hybridized carbons (Fsp3) is 0.667. The summed E-state index contributed by atoms with van der Waals surface area (Å²) < 4.78 is 11.7. The van der Waals surface area contributed by atoms with Crippen LogP contribution in [0.5, 0.6) is 5.75 Å². The van der Waals surface area contributed by atoms with E-state index in [-0.39, 0.29) is 11.6 Å². The monoisotopic (exact) mass is 359 g/mol. The minimum atomic E-state index is -0.194. The molecule has 1 unspecified atom stereocenters. The lowest BCUT2D eigenvalue weighted by Crippen LogP contribution is -2.46. The van der Waals surface area contributed by atoms with Gasteiger partial charge in [-0.3, -0.25) is 4.99 Å². The zero-order valence-electron chi connectivity index (χ0n) is 16.6. The Morgan fingerprint density at radius 3 is 2.77 bits per heavy atom. The molecule has 0 radical (unpaired) electrons. The lowest BCUT2D eigenvalue weighted by molar-refractivity contribution is 0.0693. The van der Waals surface area contributed by atoms with Gasteiger partial charge in [-0.05, 0) is 51.5 Å². The zero-order chi connectivity index (χ0) is 18.6. The molecule has 2 N–H and O–H groups in total. The summed E-state index contributed by atoms with van der Waals surface area (Å²) in [4.78, 5) is 4.45. The Balaban J connectivity index is 1.60. The Bertz CT molecular complexity index is 638. The standard InChI is InChI=1S/C21H33N3O2/c1-5-25-13-12-21(10-11-21)15-23-19(22-4)24-17-14-20(2,3)26-18-9-7-6-8-16(17)18/h6-9,17H,5,10-15H2,1-4H3,(H2,22,23,24). The summed E-state index contributed by atoms with van der Waals surface area (Å²) in [5, 5.41) is 7.16. The molecule has 2 aliphatic rings. The number of benzene rings is 1. The molecular weight excluding hydrogens is 326 g/mol. The van der Waals surface area contributed by atoms with Gasteiger partial charge in [0.2, 0.25) is 0 Å². The second-order valence-corrected chi connectivity index (χ2v) is 8.17. The molecule has 5 heteroatoms. The fourth-order valence-electron chi connectivity index (χ4n) is 3.69. The average Bonchev–Trinajstić information content (AvgIpc) is 3.38. The first-order valence-electron chi connectivity index (χ1n) is 9.80. The molecule has 1 aliphatic heterocycles. The first-order chi connectivity index (χ1) is 12.5. The maximum Gasteiger partial charge on any atom is 0.191 e. The van der Waals surface area contributed by atoms with Gasteiger partial charge < -0.3 is 20.1 Å². The van der Waals surface area contributed by atoms with Crippen molar-refractivity contribution in [2.75, 3.05) is 26.8 Å². The summed E-state index contributed by atoms with van der Waals surface area (Å²) in [5.74, 6) is 1.83. The highest BCUT2D eigenvalue weighted by molar-refractivity contribution is 5.80. The maximum atomic E-state index is 6.13. The number of hydrogen-bond donors (Lipinski definition) is 2. The van der Waals surface area contributed by atoms with E-state index in [9.17, 15) is 0 Å². The molecule has 3 rings (SSSR count). The van der Waals surface area contributed by atoms with Gasteiger partial charge in [0, 0.05) is 38.8 Å². The molecule has 1 heterocycles. The topological polar surface area (TPSA) is 54.9 Å². The van der Waals surface area contributed by atoms with Gasteiger partial charge in [0.1, 0.15) is 11.4 Å². The van der Waals surface area contributed by atoms with Crippen molar-refractivity contribution in [3.63, 3.8) is 0 Å². The van der Waals surface area contributed by atoms with Crippen molar-refractivity contribution in [1.29, 1.82) is 0 Å². The molecule has 0 spiro atoms. The summed E-state index contributed by atoms with van der Waals surface area (Å²) in [6.07, 6.45) is 4.58. The van der Waals surface area contributed by atoms with Crippen molar-refractivity contribution in [2.45, 2.75) is 58.1 Å². The van der Waals surface area contributed by atoms with E-state index in [1.807, 2.05) is 19.2 Å². The van der Waals surface area contributed by atoms with Crippen LogP contribution in [0.3, 0.4) is 0 Å². The molecule has 1 atom stereocenters. The molecule has 1 aliphatic carbocycles. The van der Waals surface area contributed by atoms with Crippen LogP contribution in [0.25, 0.3) is 0 Å². The van der Waals surface area contributed by atoms with Gasteiger partial charge in [-0.15, -0.1) is 0 Å². The van der Waals surface area contributed by atoms with Crippen LogP contribution in [0, 0.1) is 5.41 Å². The van der Waals surface area contributed by atoms with Crippen molar-refractivity contribution in [2.24, 2.45) is 10.4 Å².